The monoisotopic (exact) mass is 193 g/mol. The van der Waals surface area contributed by atoms with Crippen molar-refractivity contribution < 1.29 is 13.5 Å². The van der Waals surface area contributed by atoms with Gasteiger partial charge in [-0.25, -0.2) is 8.78 Å². The topological polar surface area (TPSA) is 21.3 Å². The summed E-state index contributed by atoms with van der Waals surface area (Å²) in [6.07, 6.45) is -0.122. The minimum Gasteiger partial charge on any atom is -0.383 e. The van der Waals surface area contributed by atoms with Gasteiger partial charge < -0.3 is 10.1 Å². The average Bonchev–Trinajstić information content (AvgIpc) is 2.10. The molecule has 2 nitrogen and oxygen atoms in total. The lowest BCUT2D eigenvalue weighted by Gasteiger charge is -2.02. The second kappa shape index (κ2) is 8.13. The molecular weight excluding hydrogens is 176 g/mol. The highest BCUT2D eigenvalue weighted by Crippen LogP contribution is 2.06. The van der Waals surface area contributed by atoms with E-state index in [1.54, 1.807) is 13.2 Å². The van der Waals surface area contributed by atoms with Crippen molar-refractivity contribution in [3.8, 4) is 0 Å². The van der Waals surface area contributed by atoms with Crippen LogP contribution < -0.4 is 5.32 Å². The molecule has 4 heteroatoms. The van der Waals surface area contributed by atoms with Gasteiger partial charge in [0.25, 0.3) is 6.43 Å². The summed E-state index contributed by atoms with van der Waals surface area (Å²) in [6.45, 7) is 3.57. The van der Waals surface area contributed by atoms with Crippen LogP contribution in [-0.4, -0.2) is 33.2 Å². The Morgan fingerprint density at radius 3 is 2.69 bits per heavy atom. The summed E-state index contributed by atoms with van der Waals surface area (Å²) >= 11 is 0. The molecule has 0 unspecified atom stereocenters. The number of halogens is 2. The van der Waals surface area contributed by atoms with Crippen LogP contribution in [0, 0.1) is 0 Å². The van der Waals surface area contributed by atoms with E-state index in [4.69, 9.17) is 4.74 Å². The number of methoxy groups -OCH3 is 1. The number of alkyl halides is 2. The zero-order valence-electron chi connectivity index (χ0n) is 8.15. The molecule has 0 aliphatic rings. The van der Waals surface area contributed by atoms with E-state index in [0.717, 1.165) is 6.54 Å². The Hall–Kier alpha value is -0.480. The highest BCUT2D eigenvalue weighted by molar-refractivity contribution is 5.00. The molecule has 0 rings (SSSR count). The van der Waals surface area contributed by atoms with Gasteiger partial charge in [-0.1, -0.05) is 6.08 Å². The van der Waals surface area contributed by atoms with Crippen molar-refractivity contribution in [2.24, 2.45) is 0 Å². The second-order valence-corrected chi connectivity index (χ2v) is 2.78. The molecule has 1 N–H and O–H groups in total. The van der Waals surface area contributed by atoms with Gasteiger partial charge in [0.15, 0.2) is 0 Å². The Morgan fingerprint density at radius 2 is 2.15 bits per heavy atom. The maximum absolute atomic E-state index is 11.9. The largest absolute Gasteiger partial charge is 0.383 e. The van der Waals surface area contributed by atoms with Gasteiger partial charge in [-0.2, -0.15) is 0 Å². The Balaban J connectivity index is 3.29. The molecule has 0 heterocycles. The normalized spacial score (nSPS) is 12.5. The van der Waals surface area contributed by atoms with E-state index in [-0.39, 0.29) is 5.57 Å². The summed E-state index contributed by atoms with van der Waals surface area (Å²) < 4.78 is 28.7. The zero-order chi connectivity index (χ0) is 10.1. The van der Waals surface area contributed by atoms with Gasteiger partial charge >= 0.3 is 0 Å². The predicted octanol–water partition coefficient (Wildman–Crippen LogP) is 1.82. The summed E-state index contributed by atoms with van der Waals surface area (Å²) in [5, 5.41) is 3.07. The fraction of sp³-hybridized carbons (Fsp3) is 0.778. The average molecular weight is 193 g/mol. The van der Waals surface area contributed by atoms with E-state index in [2.05, 4.69) is 5.32 Å². The minimum atomic E-state index is -2.32. The van der Waals surface area contributed by atoms with Gasteiger partial charge in [-0.15, -0.1) is 0 Å². The first-order chi connectivity index (χ1) is 6.18. The number of hydrogen-bond donors (Lipinski definition) is 1. The van der Waals surface area contributed by atoms with Crippen molar-refractivity contribution in [1.82, 2.24) is 5.32 Å². The van der Waals surface area contributed by atoms with Gasteiger partial charge in [0.1, 0.15) is 0 Å². The number of hydrogen-bond acceptors (Lipinski definition) is 2. The molecule has 0 amide bonds. The van der Waals surface area contributed by atoms with Crippen LogP contribution in [0.15, 0.2) is 11.6 Å². The van der Waals surface area contributed by atoms with Crippen LogP contribution in [0.3, 0.4) is 0 Å². The molecule has 0 atom stereocenters. The van der Waals surface area contributed by atoms with Crippen molar-refractivity contribution >= 4 is 0 Å². The molecule has 0 saturated carbocycles. The highest BCUT2D eigenvalue weighted by Gasteiger charge is 2.02. The highest BCUT2D eigenvalue weighted by atomic mass is 19.3. The standard InChI is InChI=1S/C9H17F2NO/c1-8(9(10)11)4-3-5-12-6-7-13-2/h4,9,12H,3,5-7H2,1-2H3/b8-4-. The third-order valence-electron chi connectivity index (χ3n) is 1.61. The summed E-state index contributed by atoms with van der Waals surface area (Å²) in [5.41, 5.74) is 0.147. The molecule has 0 bridgehead atoms. The lowest BCUT2D eigenvalue weighted by atomic mass is 10.2. The first-order valence-corrected chi connectivity index (χ1v) is 4.33. The maximum Gasteiger partial charge on any atom is 0.259 e. The molecule has 78 valence electrons. The fourth-order valence-corrected chi connectivity index (χ4v) is 0.790. The third kappa shape index (κ3) is 7.87. The third-order valence-corrected chi connectivity index (χ3v) is 1.61. The molecule has 0 spiro atoms. The summed E-state index contributed by atoms with van der Waals surface area (Å²) in [5.74, 6) is 0. The van der Waals surface area contributed by atoms with Gasteiger partial charge in [-0.3, -0.25) is 0 Å². The van der Waals surface area contributed by atoms with Gasteiger partial charge in [-0.05, 0) is 25.5 Å². The summed E-state index contributed by atoms with van der Waals surface area (Å²) in [4.78, 5) is 0. The first kappa shape index (κ1) is 12.5. The van der Waals surface area contributed by atoms with E-state index in [9.17, 15) is 8.78 Å². The minimum absolute atomic E-state index is 0.147. The first-order valence-electron chi connectivity index (χ1n) is 4.33. The number of nitrogens with one attached hydrogen (secondary N) is 1. The van der Waals surface area contributed by atoms with Crippen LogP contribution in [0.2, 0.25) is 0 Å². The molecule has 0 saturated heterocycles. The maximum atomic E-state index is 11.9. The van der Waals surface area contributed by atoms with Crippen LogP contribution in [0.1, 0.15) is 13.3 Å². The Kier molecular flexibility index (Phi) is 7.83. The summed E-state index contributed by atoms with van der Waals surface area (Å²) in [6, 6.07) is 0. The number of allylic oxidation sites excluding steroid dienone is 1. The molecule has 0 fully saturated rings. The summed E-state index contributed by atoms with van der Waals surface area (Å²) in [7, 11) is 1.63. The van der Waals surface area contributed by atoms with Crippen molar-refractivity contribution in [2.75, 3.05) is 26.8 Å². The lowest BCUT2D eigenvalue weighted by molar-refractivity contribution is 0.189. The quantitative estimate of drug-likeness (QED) is 0.492. The van der Waals surface area contributed by atoms with E-state index in [1.165, 1.54) is 6.92 Å². The number of ether oxygens (including phenoxy) is 1. The van der Waals surface area contributed by atoms with Crippen LogP contribution in [0.25, 0.3) is 0 Å². The molecular formula is C9H17F2NO. The van der Waals surface area contributed by atoms with Crippen molar-refractivity contribution in [1.29, 1.82) is 0 Å². The smallest absolute Gasteiger partial charge is 0.259 e. The van der Waals surface area contributed by atoms with E-state index < -0.39 is 6.43 Å². The van der Waals surface area contributed by atoms with Gasteiger partial charge in [0, 0.05) is 13.7 Å². The van der Waals surface area contributed by atoms with Crippen molar-refractivity contribution in [3.05, 3.63) is 11.6 Å². The lowest BCUT2D eigenvalue weighted by Crippen LogP contribution is -2.19. The molecule has 0 aromatic heterocycles. The van der Waals surface area contributed by atoms with Crippen LogP contribution >= 0.6 is 0 Å². The Bertz CT molecular complexity index is 149. The van der Waals surface area contributed by atoms with Crippen LogP contribution in [0.4, 0.5) is 8.78 Å². The Labute approximate surface area is 78.0 Å². The SMILES string of the molecule is COCCNCC/C=C(/C)C(F)F. The molecule has 0 aliphatic carbocycles. The number of rotatable bonds is 7. The predicted molar refractivity (Wildman–Crippen MR) is 49.1 cm³/mol. The van der Waals surface area contributed by atoms with Gasteiger partial charge in [0.05, 0.1) is 6.61 Å². The molecule has 0 aromatic rings. The van der Waals surface area contributed by atoms with Gasteiger partial charge in [0.2, 0.25) is 0 Å². The molecule has 0 aliphatic heterocycles. The second-order valence-electron chi connectivity index (χ2n) is 2.78. The van der Waals surface area contributed by atoms with E-state index >= 15 is 0 Å². The van der Waals surface area contributed by atoms with Crippen LogP contribution in [-0.2, 0) is 4.74 Å². The van der Waals surface area contributed by atoms with Crippen LogP contribution in [0.5, 0.6) is 0 Å². The Morgan fingerprint density at radius 1 is 1.46 bits per heavy atom. The molecule has 13 heavy (non-hydrogen) atoms. The molecule has 0 radical (unpaired) electrons. The van der Waals surface area contributed by atoms with E-state index in [0.29, 0.717) is 19.6 Å². The van der Waals surface area contributed by atoms with E-state index in [1.807, 2.05) is 0 Å². The van der Waals surface area contributed by atoms with Crippen molar-refractivity contribution in [3.63, 3.8) is 0 Å². The fourth-order valence-electron chi connectivity index (χ4n) is 0.790. The van der Waals surface area contributed by atoms with Crippen molar-refractivity contribution in [2.45, 2.75) is 19.8 Å². The molecule has 0 aromatic carbocycles. The zero-order valence-corrected chi connectivity index (χ0v) is 8.15.